The second-order valence-corrected chi connectivity index (χ2v) is 5.57. The summed E-state index contributed by atoms with van der Waals surface area (Å²) in [5.74, 6) is -2.73. The fourth-order valence-electron chi connectivity index (χ4n) is 1.83. The highest BCUT2D eigenvalue weighted by Gasteiger charge is 2.43. The van der Waals surface area contributed by atoms with Crippen LogP contribution in [-0.4, -0.2) is 22.5 Å². The first-order valence-electron chi connectivity index (χ1n) is 6.16. The van der Waals surface area contributed by atoms with Crippen molar-refractivity contribution in [3.8, 4) is 0 Å². The second kappa shape index (κ2) is 4.88. The molecule has 0 amide bonds. The monoisotopic (exact) mass is 306 g/mol. The molecule has 0 atom stereocenters. The molecule has 8 heteroatoms. The van der Waals surface area contributed by atoms with E-state index in [-0.39, 0.29) is 10.6 Å². The average molecular weight is 306 g/mol. The van der Waals surface area contributed by atoms with Gasteiger partial charge in [-0.25, -0.2) is 9.59 Å². The van der Waals surface area contributed by atoms with Crippen molar-refractivity contribution in [3.63, 3.8) is 0 Å². The third-order valence-corrected chi connectivity index (χ3v) is 3.46. The van der Waals surface area contributed by atoms with Crippen molar-refractivity contribution in [2.24, 2.45) is 5.11 Å². The topological polar surface area (TPSA) is 80.0 Å². The first kappa shape index (κ1) is 13.6. The van der Waals surface area contributed by atoms with Gasteiger partial charge in [-0.3, -0.25) is 0 Å². The average Bonchev–Trinajstić information content (AvgIpc) is 2.87. The van der Waals surface area contributed by atoms with Crippen LogP contribution < -0.4 is 4.83 Å². The Morgan fingerprint density at radius 3 is 2.38 bits per heavy atom. The lowest BCUT2D eigenvalue weighted by Gasteiger charge is -2.29. The number of hydrogen-bond donors (Lipinski definition) is 1. The van der Waals surface area contributed by atoms with E-state index in [1.165, 1.54) is 18.7 Å². The fraction of sp³-hybridized carbons (Fsp3) is 0.231. The van der Waals surface area contributed by atoms with Gasteiger partial charge in [0.05, 0.1) is 11.9 Å². The van der Waals surface area contributed by atoms with Gasteiger partial charge in [-0.15, -0.1) is 4.83 Å². The van der Waals surface area contributed by atoms with Crippen molar-refractivity contribution < 1.29 is 23.9 Å². The SMILES string of the molecule is CC1(C)OC(=O)C(=C2N=[N+](c3ccccc3)NS2)C(=O)O1. The number of esters is 2. The molecule has 0 unspecified atom stereocenters. The predicted octanol–water partition coefficient (Wildman–Crippen LogP) is 2.00. The Labute approximate surface area is 124 Å². The van der Waals surface area contributed by atoms with Crippen molar-refractivity contribution in [1.29, 1.82) is 0 Å². The molecule has 1 aromatic rings. The molecule has 7 nitrogen and oxygen atoms in total. The highest BCUT2D eigenvalue weighted by Crippen LogP contribution is 2.32. The van der Waals surface area contributed by atoms with Gasteiger partial charge in [0.25, 0.3) is 11.5 Å². The highest BCUT2D eigenvalue weighted by atomic mass is 32.2. The summed E-state index contributed by atoms with van der Waals surface area (Å²) in [5.41, 5.74) is 0.573. The number of benzene rings is 1. The van der Waals surface area contributed by atoms with Crippen LogP contribution in [0.25, 0.3) is 0 Å². The van der Waals surface area contributed by atoms with Gasteiger partial charge in [0.15, 0.2) is 5.57 Å². The molecule has 0 bridgehead atoms. The van der Waals surface area contributed by atoms with Crippen molar-refractivity contribution >= 4 is 29.6 Å². The third kappa shape index (κ3) is 2.62. The molecule has 2 aliphatic heterocycles. The fourth-order valence-corrected chi connectivity index (χ4v) is 2.54. The van der Waals surface area contributed by atoms with Crippen molar-refractivity contribution in [2.75, 3.05) is 0 Å². The molecule has 1 N–H and O–H groups in total. The summed E-state index contributed by atoms with van der Waals surface area (Å²) in [7, 11) is 0. The van der Waals surface area contributed by atoms with E-state index in [2.05, 4.69) is 9.95 Å². The predicted molar refractivity (Wildman–Crippen MR) is 72.8 cm³/mol. The van der Waals surface area contributed by atoms with E-state index in [4.69, 9.17) is 9.47 Å². The smallest absolute Gasteiger partial charge is 0.351 e. The van der Waals surface area contributed by atoms with Crippen molar-refractivity contribution in [2.45, 2.75) is 19.6 Å². The minimum atomic E-state index is -1.26. The highest BCUT2D eigenvalue weighted by molar-refractivity contribution is 8.01. The van der Waals surface area contributed by atoms with E-state index in [1.54, 1.807) is 0 Å². The number of hydrogen-bond acceptors (Lipinski definition) is 7. The Morgan fingerprint density at radius 1 is 1.14 bits per heavy atom. The summed E-state index contributed by atoms with van der Waals surface area (Å²) in [4.78, 5) is 28.3. The van der Waals surface area contributed by atoms with Crippen LogP contribution in [0.3, 0.4) is 0 Å². The van der Waals surface area contributed by atoms with Gasteiger partial charge >= 0.3 is 11.9 Å². The number of hydrazine groups is 1. The number of rotatable bonds is 1. The van der Waals surface area contributed by atoms with Gasteiger partial charge in [-0.05, 0) is 0 Å². The number of nitrogens with one attached hydrogen (secondary N) is 1. The summed E-state index contributed by atoms with van der Waals surface area (Å²) in [6, 6.07) is 9.27. The number of cyclic esters (lactones) is 2. The molecule has 0 saturated carbocycles. The molecule has 108 valence electrons. The minimum Gasteiger partial charge on any atom is -0.419 e. The first-order chi connectivity index (χ1) is 9.96. The molecule has 0 spiro atoms. The van der Waals surface area contributed by atoms with Crippen LogP contribution in [-0.2, 0) is 19.1 Å². The molecule has 1 aromatic carbocycles. The standard InChI is InChI=1S/C13H11N3O4S/c1-13(2)19-11(17)9(12(18)20-13)10-14-16(15-21-10)8-6-4-3-5-7-8/h3-7H,1-2H3/p+1. The van der Waals surface area contributed by atoms with Crippen LogP contribution in [0.15, 0.2) is 46.0 Å². The molecule has 1 fully saturated rings. The van der Waals surface area contributed by atoms with Crippen molar-refractivity contribution in [3.05, 3.63) is 40.9 Å². The maximum atomic E-state index is 11.9. The lowest BCUT2D eigenvalue weighted by Crippen LogP contribution is -2.42. The molecule has 2 aliphatic rings. The summed E-state index contributed by atoms with van der Waals surface area (Å²) in [6.45, 7) is 3.00. The molecule has 0 aliphatic carbocycles. The van der Waals surface area contributed by atoms with Gasteiger partial charge in [-0.1, -0.05) is 18.2 Å². The molecule has 1 saturated heterocycles. The summed E-state index contributed by atoms with van der Waals surface area (Å²) >= 11 is 1.05. The molecule has 0 radical (unpaired) electrons. The molecular weight excluding hydrogens is 294 g/mol. The normalized spacial score (nSPS) is 20.6. The van der Waals surface area contributed by atoms with Crippen LogP contribution in [0.4, 0.5) is 5.69 Å². The number of ether oxygens (including phenoxy) is 2. The quantitative estimate of drug-likeness (QED) is 0.281. The van der Waals surface area contributed by atoms with Crippen LogP contribution in [0, 0.1) is 0 Å². The van der Waals surface area contributed by atoms with Crippen LogP contribution in [0.1, 0.15) is 13.8 Å². The number of azo groups is 1. The van der Waals surface area contributed by atoms with Crippen LogP contribution in [0.5, 0.6) is 0 Å². The van der Waals surface area contributed by atoms with Gasteiger partial charge in [0.1, 0.15) is 0 Å². The number of nitrogens with zero attached hydrogens (tertiary/aromatic N) is 2. The van der Waals surface area contributed by atoms with Gasteiger partial charge in [-0.2, -0.15) is 0 Å². The lowest BCUT2D eigenvalue weighted by molar-refractivity contribution is -0.540. The molecule has 21 heavy (non-hydrogen) atoms. The Balaban J connectivity index is 1.96. The van der Waals surface area contributed by atoms with Crippen molar-refractivity contribution in [1.82, 2.24) is 4.83 Å². The lowest BCUT2D eigenvalue weighted by atomic mass is 10.2. The van der Waals surface area contributed by atoms with E-state index in [0.717, 1.165) is 17.6 Å². The molecule has 3 rings (SSSR count). The number of para-hydroxylation sites is 1. The van der Waals surface area contributed by atoms with E-state index in [1.807, 2.05) is 30.3 Å². The minimum absolute atomic E-state index is 0.203. The Kier molecular flexibility index (Phi) is 3.17. The Hall–Kier alpha value is -2.35. The van der Waals surface area contributed by atoms with Crippen LogP contribution >= 0.6 is 11.9 Å². The Bertz CT molecular complexity index is 660. The van der Waals surface area contributed by atoms with Gasteiger partial charge < -0.3 is 9.47 Å². The largest absolute Gasteiger partial charge is 0.419 e. The van der Waals surface area contributed by atoms with E-state index in [9.17, 15) is 9.59 Å². The number of carbonyl (C=O) groups is 2. The van der Waals surface area contributed by atoms with Gasteiger partial charge in [0, 0.05) is 35.9 Å². The van der Waals surface area contributed by atoms with E-state index >= 15 is 0 Å². The van der Waals surface area contributed by atoms with Crippen LogP contribution in [0.2, 0.25) is 0 Å². The maximum Gasteiger partial charge on any atom is 0.351 e. The van der Waals surface area contributed by atoms with Gasteiger partial charge in [0.2, 0.25) is 5.03 Å². The number of carbonyl (C=O) groups excluding carboxylic acids is 2. The third-order valence-electron chi connectivity index (χ3n) is 2.72. The summed E-state index contributed by atoms with van der Waals surface area (Å²) in [6.07, 6.45) is 0. The zero-order chi connectivity index (χ0) is 15.0. The summed E-state index contributed by atoms with van der Waals surface area (Å²) < 4.78 is 10.1. The first-order valence-corrected chi connectivity index (χ1v) is 6.98. The zero-order valence-corrected chi connectivity index (χ0v) is 12.1. The summed E-state index contributed by atoms with van der Waals surface area (Å²) in [5, 5.41) is 4.41. The second-order valence-electron chi connectivity index (χ2n) is 4.80. The molecule has 2 heterocycles. The molecular formula is C13H12N3O4S+. The van der Waals surface area contributed by atoms with E-state index < -0.39 is 17.7 Å². The van der Waals surface area contributed by atoms with E-state index in [0.29, 0.717) is 0 Å². The Morgan fingerprint density at radius 2 is 1.76 bits per heavy atom. The maximum absolute atomic E-state index is 11.9. The zero-order valence-electron chi connectivity index (χ0n) is 11.3. The molecule has 0 aromatic heterocycles.